The van der Waals surface area contributed by atoms with Crippen LogP contribution in [0.4, 0.5) is 0 Å². The van der Waals surface area contributed by atoms with Crippen molar-refractivity contribution in [2.24, 2.45) is 10.7 Å². The van der Waals surface area contributed by atoms with Gasteiger partial charge in [-0.05, 0) is 109 Å². The second-order valence-corrected chi connectivity index (χ2v) is 12.0. The molecule has 2 heteroatoms. The predicted molar refractivity (Wildman–Crippen MR) is 208 cm³/mol. The first kappa shape index (κ1) is 30.8. The minimum Gasteiger partial charge on any atom is -0.333 e. The van der Waals surface area contributed by atoms with E-state index in [1.807, 2.05) is 6.92 Å². The molecule has 2 aliphatic carbocycles. The van der Waals surface area contributed by atoms with Crippen molar-refractivity contribution in [3.63, 3.8) is 0 Å². The lowest BCUT2D eigenvalue weighted by Gasteiger charge is -2.31. The normalized spacial score (nSPS) is 12.5. The topological polar surface area (TPSA) is 38.4 Å². The SMILES string of the molecule is C=CC.C=NC(=C)c1ccc(-c2cc3c(c4ccccc24)-c2c(ccc4ccccc24)C32c3ccccc3-c3ccccc32)cc1.CN. The fourth-order valence-electron chi connectivity index (χ4n) is 7.93. The van der Waals surface area contributed by atoms with Crippen LogP contribution in [0.5, 0.6) is 0 Å². The number of hydrogen-bond donors (Lipinski definition) is 1. The molecule has 0 fully saturated rings. The molecule has 0 aromatic heterocycles. The number of benzene rings is 7. The predicted octanol–water partition coefficient (Wildman–Crippen LogP) is 11.4. The molecule has 0 bridgehead atoms. The Hall–Kier alpha value is -5.83. The quantitative estimate of drug-likeness (QED) is 0.155. The lowest BCUT2D eigenvalue weighted by molar-refractivity contribution is 0.795. The van der Waals surface area contributed by atoms with E-state index in [2.05, 4.69) is 170 Å². The molecule has 0 unspecified atom stereocenters. The van der Waals surface area contributed by atoms with Crippen molar-refractivity contribution in [3.8, 4) is 33.4 Å². The Morgan fingerprint density at radius 2 is 1.10 bits per heavy atom. The molecule has 0 radical (unpaired) electrons. The maximum Gasteiger partial charge on any atom is 0.0726 e. The molecule has 2 nitrogen and oxygen atoms in total. The van der Waals surface area contributed by atoms with Crippen molar-refractivity contribution in [2.75, 3.05) is 7.05 Å². The monoisotopic (exact) mass is 618 g/mol. The molecule has 0 atom stereocenters. The van der Waals surface area contributed by atoms with Gasteiger partial charge in [0.05, 0.1) is 11.1 Å². The van der Waals surface area contributed by atoms with E-state index in [0.717, 1.165) is 5.56 Å². The van der Waals surface area contributed by atoms with Crippen molar-refractivity contribution >= 4 is 34.0 Å². The third kappa shape index (κ3) is 4.34. The molecule has 0 saturated carbocycles. The van der Waals surface area contributed by atoms with E-state index in [1.165, 1.54) is 84.2 Å². The van der Waals surface area contributed by atoms with E-state index < -0.39 is 5.41 Å². The van der Waals surface area contributed by atoms with Crippen LogP contribution in [0.15, 0.2) is 164 Å². The smallest absolute Gasteiger partial charge is 0.0726 e. The number of hydrogen-bond acceptors (Lipinski definition) is 2. The molecule has 0 heterocycles. The van der Waals surface area contributed by atoms with Crippen molar-refractivity contribution in [2.45, 2.75) is 12.3 Å². The highest BCUT2D eigenvalue weighted by Gasteiger charge is 2.52. The average molecular weight is 619 g/mol. The van der Waals surface area contributed by atoms with Crippen molar-refractivity contribution < 1.29 is 0 Å². The summed E-state index contributed by atoms with van der Waals surface area (Å²) >= 11 is 0. The Kier molecular flexibility index (Phi) is 7.96. The Morgan fingerprint density at radius 1 is 0.583 bits per heavy atom. The molecule has 7 aromatic carbocycles. The van der Waals surface area contributed by atoms with Gasteiger partial charge in [-0.25, -0.2) is 0 Å². The standard InChI is InChI=1S/C42H27N.C3H6.CH5N/c1-26(43-2)27-19-21-29(22-20-27)35-25-39-41(34-16-6-5-13-31(34)35)40-30-12-4-3-11-28(30)23-24-38(40)42(39)36-17-9-7-14-32(36)33-15-8-10-18-37(33)42;1-3-2;1-2/h3-25H,1-2H2;3H,1H2,2H3;2H2,1H3. The van der Waals surface area contributed by atoms with Gasteiger partial charge in [0.2, 0.25) is 0 Å². The summed E-state index contributed by atoms with van der Waals surface area (Å²) in [5.74, 6) is 0. The summed E-state index contributed by atoms with van der Waals surface area (Å²) in [6, 6.07) is 51.6. The molecule has 232 valence electrons. The Morgan fingerprint density at radius 3 is 1.73 bits per heavy atom. The van der Waals surface area contributed by atoms with Gasteiger partial charge < -0.3 is 5.73 Å². The van der Waals surface area contributed by atoms with Crippen LogP contribution >= 0.6 is 0 Å². The van der Waals surface area contributed by atoms with Gasteiger partial charge in [0, 0.05) is 0 Å². The van der Waals surface area contributed by atoms with Crippen LogP contribution in [0, 0.1) is 0 Å². The van der Waals surface area contributed by atoms with E-state index in [9.17, 15) is 0 Å². The maximum atomic E-state index is 4.50. The fraction of sp³-hybridized carbons (Fsp3) is 0.0652. The highest BCUT2D eigenvalue weighted by Crippen LogP contribution is 2.65. The Balaban J connectivity index is 0.000000693. The van der Waals surface area contributed by atoms with Crippen molar-refractivity contribution in [3.05, 3.63) is 187 Å². The van der Waals surface area contributed by atoms with Gasteiger partial charge in [0.25, 0.3) is 0 Å². The van der Waals surface area contributed by atoms with Crippen molar-refractivity contribution in [1.29, 1.82) is 0 Å². The lowest BCUT2D eigenvalue weighted by atomic mass is 9.70. The zero-order chi connectivity index (χ0) is 33.4. The zero-order valence-electron chi connectivity index (χ0n) is 27.5. The van der Waals surface area contributed by atoms with Crippen LogP contribution in [0.25, 0.3) is 60.6 Å². The van der Waals surface area contributed by atoms with Crippen LogP contribution in [0.1, 0.15) is 34.7 Å². The molecular formula is C46H38N2. The Bertz CT molecular complexity index is 2330. The summed E-state index contributed by atoms with van der Waals surface area (Å²) in [6.07, 6.45) is 1.75. The first-order chi connectivity index (χ1) is 23.6. The van der Waals surface area contributed by atoms with Gasteiger partial charge in [-0.15, -0.1) is 6.58 Å². The molecule has 2 N–H and O–H groups in total. The van der Waals surface area contributed by atoms with E-state index in [4.69, 9.17) is 0 Å². The molecule has 0 aliphatic heterocycles. The first-order valence-corrected chi connectivity index (χ1v) is 16.3. The summed E-state index contributed by atoms with van der Waals surface area (Å²) in [4.78, 5) is 4.05. The second kappa shape index (κ2) is 12.4. The summed E-state index contributed by atoms with van der Waals surface area (Å²) in [7, 11) is 1.50. The molecule has 9 rings (SSSR count). The van der Waals surface area contributed by atoms with Crippen LogP contribution in [-0.2, 0) is 5.41 Å². The van der Waals surface area contributed by atoms with Crippen LogP contribution in [0.3, 0.4) is 0 Å². The Labute approximate surface area is 283 Å². The maximum absolute atomic E-state index is 4.50. The third-order valence-corrected chi connectivity index (χ3v) is 9.70. The minimum absolute atomic E-state index is 0.415. The number of allylic oxidation sites excluding steroid dienone is 1. The van der Waals surface area contributed by atoms with Crippen LogP contribution in [-0.4, -0.2) is 13.8 Å². The van der Waals surface area contributed by atoms with Gasteiger partial charge in [-0.2, -0.15) is 0 Å². The molecule has 0 saturated heterocycles. The van der Waals surface area contributed by atoms with Gasteiger partial charge in [0.15, 0.2) is 0 Å². The minimum atomic E-state index is -0.415. The first-order valence-electron chi connectivity index (χ1n) is 16.3. The fourth-order valence-corrected chi connectivity index (χ4v) is 7.93. The largest absolute Gasteiger partial charge is 0.333 e. The van der Waals surface area contributed by atoms with Gasteiger partial charge in [0.1, 0.15) is 0 Å². The van der Waals surface area contributed by atoms with Crippen LogP contribution < -0.4 is 5.73 Å². The van der Waals surface area contributed by atoms with Crippen molar-refractivity contribution in [1.82, 2.24) is 0 Å². The highest BCUT2D eigenvalue weighted by molar-refractivity contribution is 6.16. The second-order valence-electron chi connectivity index (χ2n) is 12.0. The molecule has 2 aliphatic rings. The van der Waals surface area contributed by atoms with E-state index in [1.54, 1.807) is 6.08 Å². The number of nitrogens with two attached hydrogens (primary N) is 1. The number of rotatable bonds is 3. The molecule has 48 heavy (non-hydrogen) atoms. The highest BCUT2D eigenvalue weighted by atomic mass is 14.7. The van der Waals surface area contributed by atoms with Crippen LogP contribution in [0.2, 0.25) is 0 Å². The van der Waals surface area contributed by atoms with Gasteiger partial charge >= 0.3 is 0 Å². The number of aliphatic imine (C=N–C) groups is 1. The zero-order valence-corrected chi connectivity index (χ0v) is 27.5. The molecule has 1 spiro atoms. The van der Waals surface area contributed by atoms with E-state index >= 15 is 0 Å². The van der Waals surface area contributed by atoms with Gasteiger partial charge in [-0.1, -0.05) is 146 Å². The summed E-state index contributed by atoms with van der Waals surface area (Å²) in [5, 5.41) is 5.11. The third-order valence-electron chi connectivity index (χ3n) is 9.70. The summed E-state index contributed by atoms with van der Waals surface area (Å²) in [6.45, 7) is 13.0. The number of nitrogens with zero attached hydrogens (tertiary/aromatic N) is 1. The molecular weight excluding hydrogens is 581 g/mol. The molecule has 7 aromatic rings. The molecule has 0 amide bonds. The number of fused-ring (bicyclic) bond motifs is 14. The van der Waals surface area contributed by atoms with E-state index in [0.29, 0.717) is 5.70 Å². The summed E-state index contributed by atoms with van der Waals surface area (Å²) < 4.78 is 0. The van der Waals surface area contributed by atoms with E-state index in [-0.39, 0.29) is 0 Å². The lowest BCUT2D eigenvalue weighted by Crippen LogP contribution is -2.26. The van der Waals surface area contributed by atoms with Gasteiger partial charge in [-0.3, -0.25) is 4.99 Å². The summed E-state index contributed by atoms with van der Waals surface area (Å²) in [5.41, 5.74) is 18.9. The average Bonchev–Trinajstić information content (AvgIpc) is 3.63.